The summed E-state index contributed by atoms with van der Waals surface area (Å²) in [4.78, 5) is 9.96. The van der Waals surface area contributed by atoms with Gasteiger partial charge in [-0.3, -0.25) is 9.58 Å². The van der Waals surface area contributed by atoms with Gasteiger partial charge in [-0.05, 0) is 38.8 Å². The number of likely N-dealkylation sites (tertiary alicyclic amines) is 1. The van der Waals surface area contributed by atoms with Crippen LogP contribution >= 0.6 is 0 Å². The highest BCUT2D eigenvalue weighted by Gasteiger charge is 2.33. The Bertz CT molecular complexity index is 690. The van der Waals surface area contributed by atoms with Gasteiger partial charge in [0.25, 0.3) is 0 Å². The lowest BCUT2D eigenvalue weighted by Gasteiger charge is -2.35. The molecule has 0 aliphatic carbocycles. The second-order valence-electron chi connectivity index (χ2n) is 6.39. The summed E-state index contributed by atoms with van der Waals surface area (Å²) >= 11 is 0. The Labute approximate surface area is 138 Å². The van der Waals surface area contributed by atoms with Gasteiger partial charge in [0.1, 0.15) is 12.1 Å². The van der Waals surface area contributed by atoms with Gasteiger partial charge in [0.2, 0.25) is 0 Å². The first-order chi connectivity index (χ1) is 11.3. The fourth-order valence-corrected chi connectivity index (χ4v) is 3.28. The third-order valence-electron chi connectivity index (χ3n) is 4.64. The van der Waals surface area contributed by atoms with Crippen molar-refractivity contribution >= 4 is 16.9 Å². The molecule has 1 aliphatic heterocycles. The normalized spacial score (nSPS) is 18.9. The lowest BCUT2D eigenvalue weighted by molar-refractivity contribution is -0.148. The Balaban J connectivity index is 1.60. The first-order valence-corrected chi connectivity index (χ1v) is 8.02. The van der Waals surface area contributed by atoms with E-state index < -0.39 is 12.7 Å². The Kier molecular flexibility index (Phi) is 4.62. The van der Waals surface area contributed by atoms with E-state index in [-0.39, 0.29) is 6.04 Å². The molecule has 0 bridgehead atoms. The van der Waals surface area contributed by atoms with Crippen LogP contribution in [0.1, 0.15) is 19.8 Å². The van der Waals surface area contributed by atoms with E-state index in [9.17, 15) is 13.2 Å². The largest absolute Gasteiger partial charge is 0.401 e. The summed E-state index contributed by atoms with van der Waals surface area (Å²) in [5.41, 5.74) is 0.750. The van der Waals surface area contributed by atoms with Gasteiger partial charge in [0.15, 0.2) is 5.65 Å². The minimum absolute atomic E-state index is 0.122. The van der Waals surface area contributed by atoms with Crippen LogP contribution in [0.15, 0.2) is 12.5 Å². The zero-order chi connectivity index (χ0) is 17.3. The number of hydrogen-bond donors (Lipinski definition) is 1. The molecule has 9 heteroatoms. The number of hydrogen-bond acceptors (Lipinski definition) is 5. The van der Waals surface area contributed by atoms with Crippen LogP contribution in [-0.2, 0) is 7.05 Å². The minimum atomic E-state index is -4.12. The Morgan fingerprint density at radius 1 is 1.29 bits per heavy atom. The summed E-state index contributed by atoms with van der Waals surface area (Å²) in [5, 5.41) is 8.42. The molecule has 24 heavy (non-hydrogen) atoms. The van der Waals surface area contributed by atoms with Gasteiger partial charge in [-0.2, -0.15) is 18.3 Å². The first kappa shape index (κ1) is 16.9. The van der Waals surface area contributed by atoms with Crippen LogP contribution in [-0.4, -0.2) is 56.5 Å². The molecular formula is C15H21F3N6. The van der Waals surface area contributed by atoms with Crippen LogP contribution < -0.4 is 5.32 Å². The standard InChI is InChI=1S/C15H21F3N6/c1-10(11-3-5-24(6-4-11)8-15(16,17)18)22-13-12-7-21-23(2)14(12)20-9-19-13/h7,9-11H,3-6,8H2,1-2H3,(H,19,20,22). The molecule has 0 aromatic carbocycles. The van der Waals surface area contributed by atoms with Crippen molar-refractivity contribution < 1.29 is 13.2 Å². The Morgan fingerprint density at radius 3 is 2.67 bits per heavy atom. The number of rotatable bonds is 4. The number of aryl methyl sites for hydroxylation is 1. The Hall–Kier alpha value is -1.90. The van der Waals surface area contributed by atoms with Crippen molar-refractivity contribution in [3.8, 4) is 0 Å². The molecule has 1 unspecified atom stereocenters. The van der Waals surface area contributed by atoms with Crippen LogP contribution in [0.2, 0.25) is 0 Å². The molecule has 1 saturated heterocycles. The van der Waals surface area contributed by atoms with Crippen LogP contribution in [0.4, 0.5) is 19.0 Å². The summed E-state index contributed by atoms with van der Waals surface area (Å²) in [6, 6.07) is 0.122. The number of halogens is 3. The summed E-state index contributed by atoms with van der Waals surface area (Å²) in [6.07, 6.45) is 0.571. The topological polar surface area (TPSA) is 58.9 Å². The lowest BCUT2D eigenvalue weighted by atomic mass is 9.90. The molecule has 0 radical (unpaired) electrons. The zero-order valence-electron chi connectivity index (χ0n) is 13.7. The highest BCUT2D eigenvalue weighted by molar-refractivity contribution is 5.86. The smallest absolute Gasteiger partial charge is 0.367 e. The molecule has 0 spiro atoms. The highest BCUT2D eigenvalue weighted by atomic mass is 19.4. The quantitative estimate of drug-likeness (QED) is 0.925. The number of aromatic nitrogens is 4. The van der Waals surface area contributed by atoms with Crippen molar-refractivity contribution in [2.45, 2.75) is 32.0 Å². The van der Waals surface area contributed by atoms with Crippen molar-refractivity contribution in [2.75, 3.05) is 25.0 Å². The van der Waals surface area contributed by atoms with Crippen LogP contribution in [0.3, 0.4) is 0 Å². The third kappa shape index (κ3) is 3.77. The fraction of sp³-hybridized carbons (Fsp3) is 0.667. The van der Waals surface area contributed by atoms with E-state index in [1.807, 2.05) is 14.0 Å². The van der Waals surface area contributed by atoms with Gasteiger partial charge in [0, 0.05) is 13.1 Å². The predicted molar refractivity (Wildman–Crippen MR) is 84.6 cm³/mol. The van der Waals surface area contributed by atoms with E-state index in [0.29, 0.717) is 19.0 Å². The van der Waals surface area contributed by atoms with Crippen molar-refractivity contribution in [2.24, 2.45) is 13.0 Å². The SMILES string of the molecule is CC(Nc1ncnc2c1cnn2C)C1CCN(CC(F)(F)F)CC1. The van der Waals surface area contributed by atoms with Gasteiger partial charge in [0.05, 0.1) is 18.1 Å². The average Bonchev–Trinajstić information content (AvgIpc) is 2.89. The first-order valence-electron chi connectivity index (χ1n) is 8.02. The van der Waals surface area contributed by atoms with Crippen molar-refractivity contribution in [1.29, 1.82) is 0 Å². The number of fused-ring (bicyclic) bond motifs is 1. The number of nitrogens with one attached hydrogen (secondary N) is 1. The fourth-order valence-electron chi connectivity index (χ4n) is 3.28. The van der Waals surface area contributed by atoms with Crippen LogP contribution in [0, 0.1) is 5.92 Å². The highest BCUT2D eigenvalue weighted by Crippen LogP contribution is 2.27. The predicted octanol–water partition coefficient (Wildman–Crippen LogP) is 2.44. The average molecular weight is 342 g/mol. The number of anilines is 1. The molecule has 0 amide bonds. The van der Waals surface area contributed by atoms with E-state index in [1.54, 1.807) is 10.9 Å². The Morgan fingerprint density at radius 2 is 2.00 bits per heavy atom. The van der Waals surface area contributed by atoms with E-state index in [4.69, 9.17) is 0 Å². The summed E-state index contributed by atoms with van der Waals surface area (Å²) in [5.74, 6) is 1.04. The maximum absolute atomic E-state index is 12.5. The van der Waals surface area contributed by atoms with Crippen LogP contribution in [0.25, 0.3) is 11.0 Å². The molecule has 3 heterocycles. The van der Waals surface area contributed by atoms with E-state index in [2.05, 4.69) is 20.4 Å². The van der Waals surface area contributed by atoms with Crippen molar-refractivity contribution in [3.63, 3.8) is 0 Å². The molecule has 6 nitrogen and oxygen atoms in total. The monoisotopic (exact) mass is 342 g/mol. The molecule has 132 valence electrons. The number of piperidine rings is 1. The molecule has 1 aliphatic rings. The zero-order valence-corrected chi connectivity index (χ0v) is 13.7. The van der Waals surface area contributed by atoms with E-state index in [1.165, 1.54) is 11.2 Å². The van der Waals surface area contributed by atoms with E-state index in [0.717, 1.165) is 29.7 Å². The maximum Gasteiger partial charge on any atom is 0.401 e. The molecule has 1 atom stereocenters. The molecule has 2 aromatic rings. The minimum Gasteiger partial charge on any atom is -0.367 e. The van der Waals surface area contributed by atoms with Gasteiger partial charge in [-0.15, -0.1) is 0 Å². The molecule has 0 saturated carbocycles. The number of alkyl halides is 3. The molecule has 3 rings (SSSR count). The maximum atomic E-state index is 12.5. The van der Waals surface area contributed by atoms with Crippen LogP contribution in [0.5, 0.6) is 0 Å². The van der Waals surface area contributed by atoms with Crippen molar-refractivity contribution in [1.82, 2.24) is 24.6 Å². The van der Waals surface area contributed by atoms with Crippen molar-refractivity contribution in [3.05, 3.63) is 12.5 Å². The third-order valence-corrected chi connectivity index (χ3v) is 4.64. The lowest BCUT2D eigenvalue weighted by Crippen LogP contribution is -2.43. The second kappa shape index (κ2) is 6.54. The number of nitrogens with zero attached hydrogens (tertiary/aromatic N) is 5. The van der Waals surface area contributed by atoms with E-state index >= 15 is 0 Å². The van der Waals surface area contributed by atoms with Gasteiger partial charge < -0.3 is 5.32 Å². The van der Waals surface area contributed by atoms with Gasteiger partial charge in [-0.25, -0.2) is 9.97 Å². The molecular weight excluding hydrogens is 321 g/mol. The summed E-state index contributed by atoms with van der Waals surface area (Å²) in [6.45, 7) is 2.18. The van der Waals surface area contributed by atoms with Gasteiger partial charge in [-0.1, -0.05) is 0 Å². The summed E-state index contributed by atoms with van der Waals surface area (Å²) in [7, 11) is 1.82. The molecule has 1 N–H and O–H groups in total. The molecule has 2 aromatic heterocycles. The molecule has 1 fully saturated rings. The summed E-state index contributed by atoms with van der Waals surface area (Å²) < 4.78 is 39.1. The second-order valence-corrected chi connectivity index (χ2v) is 6.39. The van der Waals surface area contributed by atoms with Gasteiger partial charge >= 0.3 is 6.18 Å².